The van der Waals surface area contributed by atoms with Crippen LogP contribution in [0.3, 0.4) is 0 Å². The Labute approximate surface area is 119 Å². The Kier molecular flexibility index (Phi) is 2.57. The van der Waals surface area contributed by atoms with Crippen LogP contribution in [-0.2, 0) is 5.88 Å². The van der Waals surface area contributed by atoms with Crippen LogP contribution in [0.15, 0.2) is 18.2 Å². The van der Waals surface area contributed by atoms with Gasteiger partial charge < -0.3 is 4.57 Å². The molecule has 0 amide bonds. The lowest BCUT2D eigenvalue weighted by Crippen LogP contribution is -2.05. The number of imidazole rings is 1. The SMILES string of the molecule is Cc1ccc2c(c1)nc(CCl)n2C1C(C)(C)C1(C)C. The van der Waals surface area contributed by atoms with Crippen LogP contribution in [0.1, 0.15) is 45.1 Å². The summed E-state index contributed by atoms with van der Waals surface area (Å²) >= 11 is 6.12. The highest BCUT2D eigenvalue weighted by Crippen LogP contribution is 2.72. The lowest BCUT2D eigenvalue weighted by molar-refractivity contribution is 0.457. The molecule has 0 radical (unpaired) electrons. The summed E-state index contributed by atoms with van der Waals surface area (Å²) in [5.74, 6) is 1.46. The Morgan fingerprint density at radius 2 is 1.84 bits per heavy atom. The van der Waals surface area contributed by atoms with E-state index in [-0.39, 0.29) is 10.8 Å². The maximum absolute atomic E-state index is 6.12. The molecule has 0 N–H and O–H groups in total. The fourth-order valence-corrected chi connectivity index (χ4v) is 3.64. The van der Waals surface area contributed by atoms with Gasteiger partial charge in [-0.2, -0.15) is 0 Å². The normalized spacial score (nSPS) is 20.9. The molecule has 0 atom stereocenters. The zero-order valence-corrected chi connectivity index (χ0v) is 13.0. The van der Waals surface area contributed by atoms with Gasteiger partial charge in [-0.15, -0.1) is 11.6 Å². The molecule has 0 bridgehead atoms. The molecule has 1 aliphatic rings. The fourth-order valence-electron chi connectivity index (χ4n) is 3.45. The zero-order chi connectivity index (χ0) is 14.0. The van der Waals surface area contributed by atoms with Gasteiger partial charge in [0, 0.05) is 6.04 Å². The van der Waals surface area contributed by atoms with Crippen LogP contribution in [0.5, 0.6) is 0 Å². The van der Waals surface area contributed by atoms with Gasteiger partial charge in [0.05, 0.1) is 16.9 Å². The van der Waals surface area contributed by atoms with E-state index in [9.17, 15) is 0 Å². The molecule has 1 aromatic heterocycles. The van der Waals surface area contributed by atoms with Crippen molar-refractivity contribution < 1.29 is 0 Å². The predicted octanol–water partition coefficient (Wildman–Crippen LogP) is 4.69. The third-order valence-electron chi connectivity index (χ3n) is 5.24. The molecule has 1 aliphatic carbocycles. The lowest BCUT2D eigenvalue weighted by Gasteiger charge is -2.10. The number of hydrogen-bond acceptors (Lipinski definition) is 1. The van der Waals surface area contributed by atoms with Crippen LogP contribution in [-0.4, -0.2) is 9.55 Å². The van der Waals surface area contributed by atoms with Gasteiger partial charge in [-0.3, -0.25) is 0 Å². The van der Waals surface area contributed by atoms with Crippen LogP contribution < -0.4 is 0 Å². The third-order valence-corrected chi connectivity index (χ3v) is 5.48. The second kappa shape index (κ2) is 3.76. The predicted molar refractivity (Wildman–Crippen MR) is 80.6 cm³/mol. The number of aromatic nitrogens is 2. The molecule has 3 rings (SSSR count). The average Bonchev–Trinajstić information content (AvgIpc) is 2.63. The second-order valence-electron chi connectivity index (χ2n) is 6.87. The zero-order valence-electron chi connectivity index (χ0n) is 12.3. The van der Waals surface area contributed by atoms with Crippen LogP contribution in [0.4, 0.5) is 0 Å². The summed E-state index contributed by atoms with van der Waals surface area (Å²) in [6.45, 7) is 11.4. The van der Waals surface area contributed by atoms with Gasteiger partial charge >= 0.3 is 0 Å². The molecule has 1 aromatic carbocycles. The molecular weight excluding hydrogens is 256 g/mol. The minimum atomic E-state index is 0.284. The Morgan fingerprint density at radius 3 is 2.37 bits per heavy atom. The lowest BCUT2D eigenvalue weighted by atomic mass is 10.0. The molecular formula is C16H21ClN2. The summed E-state index contributed by atoms with van der Waals surface area (Å²) < 4.78 is 2.36. The first kappa shape index (κ1) is 13.0. The molecule has 1 heterocycles. The number of hydrogen-bond donors (Lipinski definition) is 0. The van der Waals surface area contributed by atoms with Gasteiger partial charge in [0.1, 0.15) is 5.82 Å². The van der Waals surface area contributed by atoms with Gasteiger partial charge in [0.2, 0.25) is 0 Å². The number of fused-ring (bicyclic) bond motifs is 1. The van der Waals surface area contributed by atoms with E-state index in [4.69, 9.17) is 16.6 Å². The Bertz CT molecular complexity index is 638. The highest BCUT2D eigenvalue weighted by molar-refractivity contribution is 6.16. The van der Waals surface area contributed by atoms with Gasteiger partial charge in [-0.25, -0.2) is 4.98 Å². The first-order valence-corrected chi connectivity index (χ1v) is 7.37. The van der Waals surface area contributed by atoms with Crippen LogP contribution in [0.25, 0.3) is 11.0 Å². The average molecular weight is 277 g/mol. The van der Waals surface area contributed by atoms with Crippen molar-refractivity contribution in [3.63, 3.8) is 0 Å². The summed E-state index contributed by atoms with van der Waals surface area (Å²) in [6.07, 6.45) is 0. The smallest absolute Gasteiger partial charge is 0.125 e. The molecule has 0 saturated heterocycles. The monoisotopic (exact) mass is 276 g/mol. The summed E-state index contributed by atoms with van der Waals surface area (Å²) in [4.78, 5) is 4.72. The number of benzene rings is 1. The summed E-state index contributed by atoms with van der Waals surface area (Å²) in [5.41, 5.74) is 4.09. The highest BCUT2D eigenvalue weighted by atomic mass is 35.5. The quantitative estimate of drug-likeness (QED) is 0.728. The topological polar surface area (TPSA) is 17.8 Å². The Balaban J connectivity index is 2.24. The second-order valence-corrected chi connectivity index (χ2v) is 7.14. The minimum absolute atomic E-state index is 0.284. The van der Waals surface area contributed by atoms with E-state index in [2.05, 4.69) is 57.4 Å². The maximum atomic E-state index is 6.12. The maximum Gasteiger partial charge on any atom is 0.125 e. The van der Waals surface area contributed by atoms with E-state index in [1.807, 2.05) is 0 Å². The molecule has 19 heavy (non-hydrogen) atoms. The summed E-state index contributed by atoms with van der Waals surface area (Å²) in [5, 5.41) is 0. The summed E-state index contributed by atoms with van der Waals surface area (Å²) in [6, 6.07) is 6.95. The van der Waals surface area contributed by atoms with Crippen molar-refractivity contribution in [2.45, 2.75) is 46.5 Å². The Morgan fingerprint density at radius 1 is 1.21 bits per heavy atom. The molecule has 0 aliphatic heterocycles. The molecule has 0 unspecified atom stereocenters. The highest BCUT2D eigenvalue weighted by Gasteiger charge is 2.66. The molecule has 1 saturated carbocycles. The molecule has 1 fully saturated rings. The van der Waals surface area contributed by atoms with Crippen molar-refractivity contribution in [3.8, 4) is 0 Å². The van der Waals surface area contributed by atoms with Crippen LogP contribution in [0.2, 0.25) is 0 Å². The van der Waals surface area contributed by atoms with E-state index >= 15 is 0 Å². The van der Waals surface area contributed by atoms with Gasteiger partial charge in [-0.05, 0) is 35.4 Å². The van der Waals surface area contributed by atoms with Crippen molar-refractivity contribution in [1.29, 1.82) is 0 Å². The van der Waals surface area contributed by atoms with Gasteiger partial charge in [0.25, 0.3) is 0 Å². The summed E-state index contributed by atoms with van der Waals surface area (Å²) in [7, 11) is 0. The first-order valence-electron chi connectivity index (χ1n) is 6.84. The third kappa shape index (κ3) is 1.59. The van der Waals surface area contributed by atoms with E-state index in [0.29, 0.717) is 11.9 Å². The molecule has 2 nitrogen and oxygen atoms in total. The van der Waals surface area contributed by atoms with Crippen molar-refractivity contribution in [1.82, 2.24) is 9.55 Å². The molecule has 0 spiro atoms. The van der Waals surface area contributed by atoms with E-state index in [1.54, 1.807) is 0 Å². The number of alkyl halides is 1. The van der Waals surface area contributed by atoms with Crippen molar-refractivity contribution in [2.24, 2.45) is 10.8 Å². The van der Waals surface area contributed by atoms with Crippen molar-refractivity contribution in [2.75, 3.05) is 0 Å². The molecule has 102 valence electrons. The van der Waals surface area contributed by atoms with Crippen molar-refractivity contribution in [3.05, 3.63) is 29.6 Å². The van der Waals surface area contributed by atoms with Gasteiger partial charge in [0.15, 0.2) is 0 Å². The minimum Gasteiger partial charge on any atom is -0.323 e. The van der Waals surface area contributed by atoms with E-state index < -0.39 is 0 Å². The standard InChI is InChI=1S/C16H21ClN2/c1-10-6-7-12-11(8-10)18-13(9-17)19(12)14-15(2,3)16(14,4)5/h6-8,14H,9H2,1-5H3. The number of aryl methyl sites for hydroxylation is 1. The Hall–Kier alpha value is -1.02. The van der Waals surface area contributed by atoms with Crippen LogP contribution in [0, 0.1) is 17.8 Å². The largest absolute Gasteiger partial charge is 0.323 e. The fraction of sp³-hybridized carbons (Fsp3) is 0.562. The van der Waals surface area contributed by atoms with E-state index in [0.717, 1.165) is 11.3 Å². The van der Waals surface area contributed by atoms with Crippen LogP contribution >= 0.6 is 11.6 Å². The van der Waals surface area contributed by atoms with Crippen molar-refractivity contribution >= 4 is 22.6 Å². The number of nitrogens with zero attached hydrogens (tertiary/aromatic N) is 2. The first-order chi connectivity index (χ1) is 8.80. The molecule has 3 heteroatoms. The molecule has 2 aromatic rings. The number of halogens is 1. The van der Waals surface area contributed by atoms with E-state index in [1.165, 1.54) is 11.1 Å². The van der Waals surface area contributed by atoms with Gasteiger partial charge in [-0.1, -0.05) is 33.8 Å². The number of rotatable bonds is 2.